The highest BCUT2D eigenvalue weighted by Crippen LogP contribution is 2.37. The maximum Gasteiger partial charge on any atom is 0.121 e. The lowest BCUT2D eigenvalue weighted by Gasteiger charge is -2.26. The van der Waals surface area contributed by atoms with E-state index >= 15 is 0 Å². The summed E-state index contributed by atoms with van der Waals surface area (Å²) in [5, 5.41) is 17.4. The summed E-state index contributed by atoms with van der Waals surface area (Å²) in [5.41, 5.74) is 3.13. The molecule has 0 radical (unpaired) electrons. The second-order valence-electron chi connectivity index (χ2n) is 7.00. The van der Waals surface area contributed by atoms with Gasteiger partial charge in [0, 0.05) is 16.6 Å². The number of benzene rings is 4. The summed E-state index contributed by atoms with van der Waals surface area (Å²) >= 11 is 6.12. The SMILES string of the molecule is C[C@H](N[C@@H](c1ccc(Cl)cc1)c1c(O)ccc2ccccc12)c1ccccc1. The Morgan fingerprint density at radius 2 is 1.43 bits per heavy atom. The number of fused-ring (bicyclic) bond motifs is 1. The van der Waals surface area contributed by atoms with Gasteiger partial charge in [0.2, 0.25) is 0 Å². The zero-order chi connectivity index (χ0) is 19.5. The Bertz CT molecular complexity index is 1080. The average Bonchev–Trinajstić information content (AvgIpc) is 2.73. The Morgan fingerprint density at radius 3 is 2.18 bits per heavy atom. The molecule has 0 aliphatic heterocycles. The Kier molecular flexibility index (Phi) is 5.34. The zero-order valence-corrected chi connectivity index (χ0v) is 16.4. The van der Waals surface area contributed by atoms with Crippen molar-refractivity contribution in [2.24, 2.45) is 0 Å². The van der Waals surface area contributed by atoms with Crippen molar-refractivity contribution in [2.75, 3.05) is 0 Å². The molecule has 0 aliphatic rings. The monoisotopic (exact) mass is 387 g/mol. The van der Waals surface area contributed by atoms with Crippen LogP contribution < -0.4 is 5.32 Å². The molecule has 4 aromatic rings. The van der Waals surface area contributed by atoms with Crippen LogP contribution >= 0.6 is 11.6 Å². The molecule has 0 aromatic heterocycles. The second kappa shape index (κ2) is 8.05. The van der Waals surface area contributed by atoms with Gasteiger partial charge in [-0.3, -0.25) is 5.32 Å². The second-order valence-corrected chi connectivity index (χ2v) is 7.44. The maximum atomic E-state index is 10.8. The zero-order valence-electron chi connectivity index (χ0n) is 15.6. The first-order valence-electron chi connectivity index (χ1n) is 9.40. The highest BCUT2D eigenvalue weighted by atomic mass is 35.5. The van der Waals surface area contributed by atoms with Crippen LogP contribution in [0.1, 0.15) is 35.7 Å². The first-order chi connectivity index (χ1) is 13.6. The van der Waals surface area contributed by atoms with Crippen LogP contribution in [0.2, 0.25) is 5.02 Å². The van der Waals surface area contributed by atoms with Gasteiger partial charge >= 0.3 is 0 Å². The number of phenols is 1. The molecule has 0 fully saturated rings. The third kappa shape index (κ3) is 3.75. The third-order valence-corrected chi connectivity index (χ3v) is 5.41. The highest BCUT2D eigenvalue weighted by molar-refractivity contribution is 6.30. The lowest BCUT2D eigenvalue weighted by molar-refractivity contribution is 0.449. The van der Waals surface area contributed by atoms with Gasteiger partial charge in [0.15, 0.2) is 0 Å². The summed E-state index contributed by atoms with van der Waals surface area (Å²) in [6.07, 6.45) is 0. The predicted molar refractivity (Wildman–Crippen MR) is 117 cm³/mol. The van der Waals surface area contributed by atoms with Crippen molar-refractivity contribution < 1.29 is 5.11 Å². The number of hydrogen-bond donors (Lipinski definition) is 2. The van der Waals surface area contributed by atoms with Crippen LogP contribution in [0.25, 0.3) is 10.8 Å². The molecule has 0 bridgehead atoms. The summed E-state index contributed by atoms with van der Waals surface area (Å²) in [5.74, 6) is 0.284. The van der Waals surface area contributed by atoms with Gasteiger partial charge in [-0.25, -0.2) is 0 Å². The van der Waals surface area contributed by atoms with E-state index in [1.54, 1.807) is 6.07 Å². The summed E-state index contributed by atoms with van der Waals surface area (Å²) in [6.45, 7) is 2.14. The van der Waals surface area contributed by atoms with E-state index in [4.69, 9.17) is 11.6 Å². The molecule has 28 heavy (non-hydrogen) atoms. The van der Waals surface area contributed by atoms with E-state index in [9.17, 15) is 5.11 Å². The minimum atomic E-state index is -0.182. The summed E-state index contributed by atoms with van der Waals surface area (Å²) in [7, 11) is 0. The smallest absolute Gasteiger partial charge is 0.121 e. The number of hydrogen-bond acceptors (Lipinski definition) is 2. The standard InChI is InChI=1S/C25H22ClNO/c1-17(18-7-3-2-4-8-18)27-25(20-11-14-21(26)15-12-20)24-22-10-6-5-9-19(22)13-16-23(24)28/h2-17,25,27-28H,1H3/t17-,25-/m0/s1. The molecule has 2 atom stereocenters. The van der Waals surface area contributed by atoms with Crippen molar-refractivity contribution in [3.8, 4) is 5.75 Å². The molecule has 0 amide bonds. The maximum absolute atomic E-state index is 10.8. The van der Waals surface area contributed by atoms with Crippen LogP contribution in [0.15, 0.2) is 91.0 Å². The topological polar surface area (TPSA) is 32.3 Å². The number of aromatic hydroxyl groups is 1. The van der Waals surface area contributed by atoms with E-state index in [1.165, 1.54) is 5.56 Å². The van der Waals surface area contributed by atoms with E-state index in [2.05, 4.69) is 36.5 Å². The van der Waals surface area contributed by atoms with Gasteiger partial charge in [0.05, 0.1) is 6.04 Å². The fraction of sp³-hybridized carbons (Fsp3) is 0.120. The first-order valence-corrected chi connectivity index (χ1v) is 9.78. The molecule has 0 saturated carbocycles. The number of nitrogens with one attached hydrogen (secondary N) is 1. The van der Waals surface area contributed by atoms with E-state index in [0.717, 1.165) is 21.9 Å². The van der Waals surface area contributed by atoms with Crippen molar-refractivity contribution in [2.45, 2.75) is 19.0 Å². The van der Waals surface area contributed by atoms with Gasteiger partial charge in [-0.05, 0) is 47.0 Å². The molecule has 0 spiro atoms. The van der Waals surface area contributed by atoms with Crippen molar-refractivity contribution in [3.05, 3.63) is 113 Å². The average molecular weight is 388 g/mol. The molecule has 0 aliphatic carbocycles. The van der Waals surface area contributed by atoms with Gasteiger partial charge < -0.3 is 5.11 Å². The lowest BCUT2D eigenvalue weighted by Crippen LogP contribution is -2.26. The van der Waals surface area contributed by atoms with E-state index in [1.807, 2.05) is 60.7 Å². The molecule has 0 saturated heterocycles. The van der Waals surface area contributed by atoms with Gasteiger partial charge in [-0.1, -0.05) is 84.4 Å². The van der Waals surface area contributed by atoms with Gasteiger partial charge in [0.1, 0.15) is 5.75 Å². The van der Waals surface area contributed by atoms with E-state index in [0.29, 0.717) is 5.02 Å². The molecule has 4 aromatic carbocycles. The Hall–Kier alpha value is -2.81. The molecule has 0 unspecified atom stereocenters. The van der Waals surface area contributed by atoms with Gasteiger partial charge in [0.25, 0.3) is 0 Å². The first kappa shape index (κ1) is 18.5. The fourth-order valence-corrected chi connectivity index (χ4v) is 3.80. The minimum Gasteiger partial charge on any atom is -0.508 e. The van der Waals surface area contributed by atoms with E-state index in [-0.39, 0.29) is 17.8 Å². The molecular weight excluding hydrogens is 366 g/mol. The fourth-order valence-electron chi connectivity index (χ4n) is 3.68. The van der Waals surface area contributed by atoms with Crippen molar-refractivity contribution in [1.29, 1.82) is 0 Å². The molecule has 2 N–H and O–H groups in total. The Balaban J connectivity index is 1.84. The van der Waals surface area contributed by atoms with Crippen LogP contribution in [0.4, 0.5) is 0 Å². The molecule has 4 rings (SSSR count). The highest BCUT2D eigenvalue weighted by Gasteiger charge is 2.22. The minimum absolute atomic E-state index is 0.0975. The van der Waals surface area contributed by atoms with Crippen molar-refractivity contribution >= 4 is 22.4 Å². The molecule has 2 nitrogen and oxygen atoms in total. The number of halogens is 1. The molecule has 140 valence electrons. The molecule has 0 heterocycles. The largest absolute Gasteiger partial charge is 0.508 e. The van der Waals surface area contributed by atoms with Crippen LogP contribution in [0, 0.1) is 0 Å². The van der Waals surface area contributed by atoms with E-state index < -0.39 is 0 Å². The summed E-state index contributed by atoms with van der Waals surface area (Å²) in [6, 6.07) is 29.9. The van der Waals surface area contributed by atoms with Crippen LogP contribution in [0.5, 0.6) is 5.75 Å². The van der Waals surface area contributed by atoms with Crippen molar-refractivity contribution in [1.82, 2.24) is 5.32 Å². The van der Waals surface area contributed by atoms with Crippen LogP contribution in [-0.2, 0) is 0 Å². The lowest BCUT2D eigenvalue weighted by atomic mass is 9.91. The summed E-state index contributed by atoms with van der Waals surface area (Å²) in [4.78, 5) is 0. The number of rotatable bonds is 5. The normalized spacial score (nSPS) is 13.4. The van der Waals surface area contributed by atoms with Crippen molar-refractivity contribution in [3.63, 3.8) is 0 Å². The quantitative estimate of drug-likeness (QED) is 0.402. The molecule has 3 heteroatoms. The van der Waals surface area contributed by atoms with Crippen LogP contribution in [-0.4, -0.2) is 5.11 Å². The third-order valence-electron chi connectivity index (χ3n) is 5.16. The number of phenolic OH excluding ortho intramolecular Hbond substituents is 1. The predicted octanol–water partition coefficient (Wildman–Crippen LogP) is 6.64. The van der Waals surface area contributed by atoms with Gasteiger partial charge in [-0.15, -0.1) is 0 Å². The summed E-state index contributed by atoms with van der Waals surface area (Å²) < 4.78 is 0. The van der Waals surface area contributed by atoms with Gasteiger partial charge in [-0.2, -0.15) is 0 Å². The molecular formula is C25H22ClNO. The Labute approximate surface area is 170 Å². The van der Waals surface area contributed by atoms with Crippen LogP contribution in [0.3, 0.4) is 0 Å². The Morgan fingerprint density at radius 1 is 0.750 bits per heavy atom.